The molecule has 1 saturated heterocycles. The van der Waals surface area contributed by atoms with Gasteiger partial charge in [-0.3, -0.25) is 0 Å². The summed E-state index contributed by atoms with van der Waals surface area (Å²) >= 11 is 0. The Hall–Kier alpha value is -2.68. The van der Waals surface area contributed by atoms with Crippen molar-refractivity contribution in [2.24, 2.45) is 0 Å². The lowest BCUT2D eigenvalue weighted by atomic mass is 9.98. The van der Waals surface area contributed by atoms with Gasteiger partial charge >= 0.3 is 6.18 Å². The number of alkyl halides is 3. The first kappa shape index (κ1) is 19.6. The third kappa shape index (κ3) is 3.78. The van der Waals surface area contributed by atoms with Crippen LogP contribution >= 0.6 is 0 Å². The van der Waals surface area contributed by atoms with Gasteiger partial charge in [0.25, 0.3) is 0 Å². The summed E-state index contributed by atoms with van der Waals surface area (Å²) in [6, 6.07) is 2.41. The zero-order chi connectivity index (χ0) is 20.8. The maximum absolute atomic E-state index is 14.7. The van der Waals surface area contributed by atoms with Crippen molar-refractivity contribution < 1.29 is 22.3 Å². The molecule has 3 aromatic rings. The Morgan fingerprint density at radius 3 is 2.31 bits per heavy atom. The van der Waals surface area contributed by atoms with Gasteiger partial charge in [0, 0.05) is 24.7 Å². The van der Waals surface area contributed by atoms with Crippen molar-refractivity contribution in [2.45, 2.75) is 38.8 Å². The van der Waals surface area contributed by atoms with Crippen molar-refractivity contribution in [3.63, 3.8) is 0 Å². The molecule has 152 valence electrons. The minimum atomic E-state index is -4.63. The summed E-state index contributed by atoms with van der Waals surface area (Å²) in [4.78, 5) is 18.0. The molecule has 0 spiro atoms. The van der Waals surface area contributed by atoms with Crippen molar-refractivity contribution in [2.75, 3.05) is 13.2 Å². The van der Waals surface area contributed by atoms with E-state index in [2.05, 4.69) is 19.9 Å². The van der Waals surface area contributed by atoms with Gasteiger partial charge in [0.05, 0.1) is 17.0 Å². The lowest BCUT2D eigenvalue weighted by molar-refractivity contribution is -0.137. The average Bonchev–Trinajstić information content (AvgIpc) is 2.68. The number of nitrogens with zero attached hydrogens (tertiary/aromatic N) is 4. The molecular weight excluding hydrogens is 388 g/mol. The number of ether oxygens (including phenoxy) is 1. The van der Waals surface area contributed by atoms with Crippen LogP contribution in [-0.4, -0.2) is 33.1 Å². The van der Waals surface area contributed by atoms with Crippen LogP contribution in [0, 0.1) is 19.7 Å². The molecule has 0 saturated carbocycles. The SMILES string of the molecule is Cc1nc2nc(C3CCOCC3)nc(-c3ccc(C(F)(F)F)cc3F)c2nc1C. The van der Waals surface area contributed by atoms with E-state index in [0.29, 0.717) is 55.0 Å². The van der Waals surface area contributed by atoms with Crippen LogP contribution in [0.3, 0.4) is 0 Å². The van der Waals surface area contributed by atoms with E-state index >= 15 is 0 Å². The number of aromatic nitrogens is 4. The first-order valence-corrected chi connectivity index (χ1v) is 9.22. The Bertz CT molecular complexity index is 1080. The van der Waals surface area contributed by atoms with Gasteiger partial charge in [-0.1, -0.05) is 0 Å². The summed E-state index contributed by atoms with van der Waals surface area (Å²) in [5, 5.41) is 0. The van der Waals surface area contributed by atoms with Gasteiger partial charge < -0.3 is 4.74 Å². The van der Waals surface area contributed by atoms with E-state index in [1.54, 1.807) is 13.8 Å². The number of hydrogen-bond donors (Lipinski definition) is 0. The molecule has 3 heterocycles. The fourth-order valence-electron chi connectivity index (χ4n) is 3.34. The minimum absolute atomic E-state index is 0.00724. The second kappa shape index (κ2) is 7.29. The first-order chi connectivity index (χ1) is 13.7. The fraction of sp³-hybridized carbons (Fsp3) is 0.400. The van der Waals surface area contributed by atoms with E-state index in [9.17, 15) is 17.6 Å². The number of rotatable bonds is 2. The van der Waals surface area contributed by atoms with Crippen molar-refractivity contribution in [1.82, 2.24) is 19.9 Å². The van der Waals surface area contributed by atoms with Crippen molar-refractivity contribution in [3.05, 3.63) is 46.8 Å². The Kier molecular flexibility index (Phi) is 4.94. The lowest BCUT2D eigenvalue weighted by Crippen LogP contribution is -2.17. The smallest absolute Gasteiger partial charge is 0.381 e. The summed E-state index contributed by atoms with van der Waals surface area (Å²) in [7, 11) is 0. The number of halogens is 4. The van der Waals surface area contributed by atoms with Gasteiger partial charge in [0.1, 0.15) is 22.9 Å². The van der Waals surface area contributed by atoms with Crippen LogP contribution < -0.4 is 0 Å². The Balaban J connectivity index is 1.93. The second-order valence-electron chi connectivity index (χ2n) is 7.08. The van der Waals surface area contributed by atoms with Crippen LogP contribution in [-0.2, 0) is 10.9 Å². The Labute approximate surface area is 164 Å². The van der Waals surface area contributed by atoms with Crippen LogP contribution in [0.4, 0.5) is 17.6 Å². The van der Waals surface area contributed by atoms with E-state index in [0.717, 1.165) is 12.1 Å². The highest BCUT2D eigenvalue weighted by Crippen LogP contribution is 2.35. The van der Waals surface area contributed by atoms with Crippen molar-refractivity contribution in [1.29, 1.82) is 0 Å². The summed E-state index contributed by atoms with van der Waals surface area (Å²) in [6.45, 7) is 4.67. The van der Waals surface area contributed by atoms with E-state index in [1.807, 2.05) is 0 Å². The maximum atomic E-state index is 14.7. The van der Waals surface area contributed by atoms with Gasteiger partial charge in [0.15, 0.2) is 5.65 Å². The summed E-state index contributed by atoms with van der Waals surface area (Å²) in [5.41, 5.74) is 0.900. The Morgan fingerprint density at radius 2 is 1.66 bits per heavy atom. The molecule has 0 radical (unpaired) electrons. The molecule has 2 aromatic heterocycles. The van der Waals surface area contributed by atoms with Gasteiger partial charge in [-0.25, -0.2) is 24.3 Å². The minimum Gasteiger partial charge on any atom is -0.381 e. The molecule has 0 atom stereocenters. The number of aryl methyl sites for hydroxylation is 2. The summed E-state index contributed by atoms with van der Waals surface area (Å²) in [5.74, 6) is -0.529. The normalized spacial score (nSPS) is 15.8. The molecule has 0 bridgehead atoms. The zero-order valence-electron chi connectivity index (χ0n) is 15.8. The molecule has 1 aliphatic heterocycles. The van der Waals surface area contributed by atoms with E-state index < -0.39 is 17.6 Å². The molecule has 9 heteroatoms. The molecule has 29 heavy (non-hydrogen) atoms. The van der Waals surface area contributed by atoms with Gasteiger partial charge in [-0.15, -0.1) is 0 Å². The van der Waals surface area contributed by atoms with E-state index in [-0.39, 0.29) is 22.7 Å². The topological polar surface area (TPSA) is 60.8 Å². The quantitative estimate of drug-likeness (QED) is 0.575. The summed E-state index contributed by atoms with van der Waals surface area (Å²) in [6.07, 6.45) is -3.22. The lowest BCUT2D eigenvalue weighted by Gasteiger charge is -2.21. The molecule has 5 nitrogen and oxygen atoms in total. The summed E-state index contributed by atoms with van der Waals surface area (Å²) < 4.78 is 58.9. The molecule has 1 aromatic carbocycles. The van der Waals surface area contributed by atoms with E-state index in [4.69, 9.17) is 4.74 Å². The molecule has 0 N–H and O–H groups in total. The van der Waals surface area contributed by atoms with Gasteiger partial charge in [-0.2, -0.15) is 13.2 Å². The molecular formula is C20H18F4N4O. The number of hydrogen-bond acceptors (Lipinski definition) is 5. The molecule has 0 amide bonds. The predicted octanol–water partition coefficient (Wildman–Crippen LogP) is 4.76. The molecule has 4 rings (SSSR count). The third-order valence-electron chi connectivity index (χ3n) is 5.10. The van der Waals surface area contributed by atoms with Crippen LogP contribution in [0.15, 0.2) is 18.2 Å². The molecule has 1 fully saturated rings. The van der Waals surface area contributed by atoms with E-state index in [1.165, 1.54) is 0 Å². The average molecular weight is 406 g/mol. The largest absolute Gasteiger partial charge is 0.416 e. The van der Waals surface area contributed by atoms with Crippen molar-refractivity contribution >= 4 is 11.2 Å². The van der Waals surface area contributed by atoms with Crippen LogP contribution in [0.1, 0.15) is 41.5 Å². The van der Waals surface area contributed by atoms with Crippen LogP contribution in [0.25, 0.3) is 22.4 Å². The maximum Gasteiger partial charge on any atom is 0.416 e. The highest BCUT2D eigenvalue weighted by Gasteiger charge is 2.32. The highest BCUT2D eigenvalue weighted by atomic mass is 19.4. The highest BCUT2D eigenvalue weighted by molar-refractivity contribution is 5.87. The molecule has 0 unspecified atom stereocenters. The molecule has 0 aliphatic carbocycles. The number of fused-ring (bicyclic) bond motifs is 1. The fourth-order valence-corrected chi connectivity index (χ4v) is 3.34. The van der Waals surface area contributed by atoms with Gasteiger partial charge in [0.2, 0.25) is 0 Å². The predicted molar refractivity (Wildman–Crippen MR) is 97.8 cm³/mol. The third-order valence-corrected chi connectivity index (χ3v) is 5.10. The number of benzene rings is 1. The Morgan fingerprint density at radius 1 is 0.966 bits per heavy atom. The second-order valence-corrected chi connectivity index (χ2v) is 7.08. The first-order valence-electron chi connectivity index (χ1n) is 9.22. The zero-order valence-corrected chi connectivity index (χ0v) is 15.8. The van der Waals surface area contributed by atoms with Gasteiger partial charge in [-0.05, 0) is 44.9 Å². The monoisotopic (exact) mass is 406 g/mol. The van der Waals surface area contributed by atoms with Crippen LogP contribution in [0.2, 0.25) is 0 Å². The van der Waals surface area contributed by atoms with Crippen molar-refractivity contribution in [3.8, 4) is 11.3 Å². The molecule has 1 aliphatic rings. The standard InChI is InChI=1S/C20H18F4N4O/c1-10-11(2)26-19-17(25-10)16(27-18(28-19)12-5-7-29-8-6-12)14-4-3-13(9-15(14)21)20(22,23)24/h3-4,9,12H,5-8H2,1-2H3. The van der Waals surface area contributed by atoms with Crippen LogP contribution in [0.5, 0.6) is 0 Å².